The van der Waals surface area contributed by atoms with E-state index >= 15 is 0 Å². The fourth-order valence-electron chi connectivity index (χ4n) is 2.57. The van der Waals surface area contributed by atoms with Crippen molar-refractivity contribution in [3.63, 3.8) is 0 Å². The van der Waals surface area contributed by atoms with Crippen molar-refractivity contribution >= 4 is 62.2 Å². The van der Waals surface area contributed by atoms with E-state index in [1.165, 1.54) is 27.2 Å². The van der Waals surface area contributed by atoms with Crippen molar-refractivity contribution < 1.29 is 4.79 Å². The van der Waals surface area contributed by atoms with Crippen molar-refractivity contribution in [3.8, 4) is 0 Å². The van der Waals surface area contributed by atoms with E-state index in [1.54, 1.807) is 35.2 Å². The van der Waals surface area contributed by atoms with E-state index in [9.17, 15) is 4.79 Å². The van der Waals surface area contributed by atoms with E-state index in [-0.39, 0.29) is 5.91 Å². The highest BCUT2D eigenvalue weighted by molar-refractivity contribution is 7.98. The smallest absolute Gasteiger partial charge is 0.289 e. The summed E-state index contributed by atoms with van der Waals surface area (Å²) in [6.45, 7) is 5.04. The van der Waals surface area contributed by atoms with Crippen LogP contribution in [-0.4, -0.2) is 22.5 Å². The van der Waals surface area contributed by atoms with Crippen molar-refractivity contribution in [1.29, 1.82) is 0 Å². The zero-order chi connectivity index (χ0) is 17.3. The van der Waals surface area contributed by atoms with Crippen LogP contribution in [0.4, 0.5) is 0 Å². The number of carbonyl (C=O) groups excluding carboxylic acids is 1. The van der Waals surface area contributed by atoms with Gasteiger partial charge in [-0.15, -0.1) is 11.3 Å². The highest BCUT2D eigenvalue weighted by Crippen LogP contribution is 2.25. The number of aryl methyl sites for hydroxylation is 3. The number of rotatable bonds is 4. The molecule has 1 amide bonds. The van der Waals surface area contributed by atoms with Gasteiger partial charge in [-0.2, -0.15) is 16.8 Å². The standard InChI is InChI=1S/C17H17ClN2OS3/c1-10-8-11(2)15-12(9-10)20(6-7-22-3)17(24-15)19-16(21)13-4-5-14(18)23-13/h4-5,8-9H,6-7H2,1-3H3. The number of thiophene rings is 1. The summed E-state index contributed by atoms with van der Waals surface area (Å²) in [7, 11) is 0. The molecule has 3 nitrogen and oxygen atoms in total. The Hall–Kier alpha value is -1.08. The maximum atomic E-state index is 12.5. The third-order valence-corrected chi connectivity index (χ3v) is 6.65. The van der Waals surface area contributed by atoms with Crippen LogP contribution in [0.3, 0.4) is 0 Å². The summed E-state index contributed by atoms with van der Waals surface area (Å²) >= 11 is 10.6. The molecular weight excluding hydrogens is 380 g/mol. The molecule has 7 heteroatoms. The van der Waals surface area contributed by atoms with Gasteiger partial charge in [-0.05, 0) is 49.4 Å². The molecule has 0 saturated heterocycles. The monoisotopic (exact) mass is 396 g/mol. The van der Waals surface area contributed by atoms with Gasteiger partial charge in [-0.25, -0.2) is 0 Å². The molecule has 0 aliphatic carbocycles. The summed E-state index contributed by atoms with van der Waals surface area (Å²) in [5.74, 6) is 0.746. The molecule has 0 N–H and O–H groups in total. The number of nitrogens with zero attached hydrogens (tertiary/aromatic N) is 2. The maximum absolute atomic E-state index is 12.5. The van der Waals surface area contributed by atoms with Gasteiger partial charge in [0.15, 0.2) is 4.80 Å². The molecule has 0 saturated carbocycles. The second-order valence-electron chi connectivity index (χ2n) is 5.48. The molecular formula is C17H17ClN2OS3. The van der Waals surface area contributed by atoms with Crippen LogP contribution >= 0.6 is 46.0 Å². The van der Waals surface area contributed by atoms with Gasteiger partial charge < -0.3 is 4.57 Å². The topological polar surface area (TPSA) is 34.4 Å². The van der Waals surface area contributed by atoms with Gasteiger partial charge in [-0.3, -0.25) is 4.79 Å². The molecule has 0 fully saturated rings. The number of hydrogen-bond acceptors (Lipinski definition) is 4. The summed E-state index contributed by atoms with van der Waals surface area (Å²) in [5, 5.41) is 0. The molecule has 2 heterocycles. The number of carbonyl (C=O) groups is 1. The number of thioether (sulfide) groups is 1. The third kappa shape index (κ3) is 3.61. The zero-order valence-corrected chi connectivity index (χ0v) is 16.8. The van der Waals surface area contributed by atoms with Crippen LogP contribution in [0.25, 0.3) is 10.2 Å². The van der Waals surface area contributed by atoms with E-state index in [0.29, 0.717) is 9.21 Å². The SMILES string of the molecule is CSCCn1c(=NC(=O)c2ccc(Cl)s2)sc2c(C)cc(C)cc21. The quantitative estimate of drug-likeness (QED) is 0.612. The number of thiazole rings is 1. The Bertz CT molecular complexity index is 968. The van der Waals surface area contributed by atoms with Gasteiger partial charge in [0.05, 0.1) is 19.4 Å². The fraction of sp³-hybridized carbons (Fsp3) is 0.294. The average Bonchev–Trinajstić information content (AvgIpc) is 3.10. The lowest BCUT2D eigenvalue weighted by molar-refractivity contribution is 0.100. The van der Waals surface area contributed by atoms with Crippen LogP contribution in [-0.2, 0) is 6.54 Å². The number of hydrogen-bond donors (Lipinski definition) is 0. The average molecular weight is 397 g/mol. The lowest BCUT2D eigenvalue weighted by Gasteiger charge is -2.05. The molecule has 0 bridgehead atoms. The summed E-state index contributed by atoms with van der Waals surface area (Å²) in [6, 6.07) is 7.80. The van der Waals surface area contributed by atoms with Crippen LogP contribution < -0.4 is 4.80 Å². The Morgan fingerprint density at radius 1 is 1.29 bits per heavy atom. The molecule has 24 heavy (non-hydrogen) atoms. The lowest BCUT2D eigenvalue weighted by atomic mass is 10.1. The number of amides is 1. The Labute approximate surface area is 158 Å². The number of fused-ring (bicyclic) bond motifs is 1. The van der Waals surface area contributed by atoms with Crippen LogP contribution in [0, 0.1) is 13.8 Å². The highest BCUT2D eigenvalue weighted by Gasteiger charge is 2.12. The van der Waals surface area contributed by atoms with Gasteiger partial charge in [-0.1, -0.05) is 29.0 Å². The van der Waals surface area contributed by atoms with Crippen LogP contribution in [0.2, 0.25) is 4.34 Å². The highest BCUT2D eigenvalue weighted by atomic mass is 35.5. The van der Waals surface area contributed by atoms with Gasteiger partial charge in [0.1, 0.15) is 0 Å². The molecule has 0 unspecified atom stereocenters. The fourth-order valence-corrected chi connectivity index (χ4v) is 4.96. The molecule has 2 aromatic heterocycles. The molecule has 0 atom stereocenters. The van der Waals surface area contributed by atoms with Crippen molar-refractivity contribution in [2.24, 2.45) is 4.99 Å². The Balaban J connectivity index is 2.17. The van der Waals surface area contributed by atoms with Gasteiger partial charge >= 0.3 is 0 Å². The molecule has 0 aliphatic heterocycles. The molecule has 3 rings (SSSR count). The largest absolute Gasteiger partial charge is 0.315 e. The minimum atomic E-state index is -0.231. The second-order valence-corrected chi connectivity index (χ2v) is 9.16. The molecule has 0 spiro atoms. The number of benzene rings is 1. The lowest BCUT2D eigenvalue weighted by Crippen LogP contribution is -2.18. The maximum Gasteiger partial charge on any atom is 0.289 e. The van der Waals surface area contributed by atoms with Gasteiger partial charge in [0.2, 0.25) is 0 Å². The van der Waals surface area contributed by atoms with E-state index < -0.39 is 0 Å². The minimum absolute atomic E-state index is 0.231. The van der Waals surface area contributed by atoms with Gasteiger partial charge in [0.25, 0.3) is 5.91 Å². The van der Waals surface area contributed by atoms with Crippen molar-refractivity contribution in [2.75, 3.05) is 12.0 Å². The Kier molecular flexibility index (Phi) is 5.49. The summed E-state index contributed by atoms with van der Waals surface area (Å²) < 4.78 is 3.95. The Morgan fingerprint density at radius 2 is 2.08 bits per heavy atom. The molecule has 126 valence electrons. The summed E-state index contributed by atoms with van der Waals surface area (Å²) in [4.78, 5) is 18.2. The van der Waals surface area contributed by atoms with Crippen LogP contribution in [0.1, 0.15) is 20.8 Å². The van der Waals surface area contributed by atoms with Crippen molar-refractivity contribution in [1.82, 2.24) is 4.57 Å². The van der Waals surface area contributed by atoms with E-state index in [1.807, 2.05) is 0 Å². The van der Waals surface area contributed by atoms with Crippen LogP contribution in [0.15, 0.2) is 29.3 Å². The van der Waals surface area contributed by atoms with Gasteiger partial charge in [0, 0.05) is 12.3 Å². The van der Waals surface area contributed by atoms with E-state index in [4.69, 9.17) is 11.6 Å². The summed E-state index contributed by atoms with van der Waals surface area (Å²) in [5.41, 5.74) is 3.60. The van der Waals surface area contributed by atoms with E-state index in [2.05, 4.69) is 41.8 Å². The third-order valence-electron chi connectivity index (χ3n) is 3.61. The normalized spacial score (nSPS) is 12.2. The molecule has 0 radical (unpaired) electrons. The molecule has 0 aliphatic rings. The minimum Gasteiger partial charge on any atom is -0.315 e. The number of aromatic nitrogens is 1. The van der Waals surface area contributed by atoms with Crippen molar-refractivity contribution in [2.45, 2.75) is 20.4 Å². The van der Waals surface area contributed by atoms with Crippen LogP contribution in [0.5, 0.6) is 0 Å². The first-order valence-corrected chi connectivity index (χ1v) is 10.8. The number of halogens is 1. The predicted octanol–water partition coefficient (Wildman–Crippen LogP) is 5.14. The zero-order valence-electron chi connectivity index (χ0n) is 13.6. The Morgan fingerprint density at radius 3 is 2.75 bits per heavy atom. The first-order valence-electron chi connectivity index (χ1n) is 7.43. The van der Waals surface area contributed by atoms with E-state index in [0.717, 1.165) is 22.6 Å². The molecule has 1 aromatic carbocycles. The van der Waals surface area contributed by atoms with Crippen molar-refractivity contribution in [3.05, 3.63) is 49.4 Å². The second kappa shape index (κ2) is 7.44. The predicted molar refractivity (Wildman–Crippen MR) is 107 cm³/mol. The first-order chi connectivity index (χ1) is 11.5. The first kappa shape index (κ1) is 17.7. The molecule has 3 aromatic rings. The summed E-state index contributed by atoms with van der Waals surface area (Å²) in [6.07, 6.45) is 2.08.